The molecule has 4 aromatic rings. The fourth-order valence-electron chi connectivity index (χ4n) is 3.15. The topological polar surface area (TPSA) is 56.9 Å². The third-order valence-corrected chi connectivity index (χ3v) is 4.60. The molecule has 2 amide bonds. The molecule has 3 aromatic carbocycles. The summed E-state index contributed by atoms with van der Waals surface area (Å²) in [6.45, 7) is 0. The van der Waals surface area contributed by atoms with Crippen LogP contribution in [0, 0.1) is 11.6 Å². The summed E-state index contributed by atoms with van der Waals surface area (Å²) in [5.41, 5.74) is 1.29. The Morgan fingerprint density at radius 3 is 2.13 bits per heavy atom. The summed E-state index contributed by atoms with van der Waals surface area (Å²) in [7, 11) is 0. The Labute approximate surface area is 172 Å². The van der Waals surface area contributed by atoms with Crippen LogP contribution in [0.25, 0.3) is 22.0 Å². The number of benzene rings is 3. The van der Waals surface area contributed by atoms with Crippen molar-refractivity contribution < 1.29 is 26.7 Å². The number of anilines is 2. The summed E-state index contributed by atoms with van der Waals surface area (Å²) in [5.74, 6) is -1.42. The highest BCUT2D eigenvalue weighted by atomic mass is 19.4. The maximum absolute atomic E-state index is 13.5. The molecule has 158 valence electrons. The van der Waals surface area contributed by atoms with Crippen LogP contribution >= 0.6 is 0 Å². The summed E-state index contributed by atoms with van der Waals surface area (Å²) in [6.07, 6.45) is -2.93. The van der Waals surface area contributed by atoms with Crippen molar-refractivity contribution in [2.75, 3.05) is 10.6 Å². The quantitative estimate of drug-likeness (QED) is 0.308. The lowest BCUT2D eigenvalue weighted by Gasteiger charge is -2.10. The van der Waals surface area contributed by atoms with Crippen LogP contribution in [0.2, 0.25) is 0 Å². The van der Waals surface area contributed by atoms with Crippen LogP contribution in [-0.4, -0.2) is 11.0 Å². The molecule has 9 heteroatoms. The van der Waals surface area contributed by atoms with Crippen LogP contribution < -0.4 is 10.6 Å². The third-order valence-electron chi connectivity index (χ3n) is 4.60. The molecule has 0 unspecified atom stereocenters. The molecular weight excluding hydrogens is 417 g/mol. The van der Waals surface area contributed by atoms with Gasteiger partial charge in [0.2, 0.25) is 0 Å². The Kier molecular flexibility index (Phi) is 5.10. The Morgan fingerprint density at radius 1 is 0.806 bits per heavy atom. The number of hydrogen-bond acceptors (Lipinski definition) is 1. The van der Waals surface area contributed by atoms with E-state index in [1.54, 1.807) is 18.2 Å². The SMILES string of the molecule is O=C(Nc1ccc(C(F)(F)F)cc1)Nc1c[nH]c2ccc(-c3cc(F)cc(F)c3)cc12. The van der Waals surface area contributed by atoms with Crippen molar-refractivity contribution in [1.29, 1.82) is 0 Å². The maximum atomic E-state index is 13.5. The van der Waals surface area contributed by atoms with Gasteiger partial charge in [0, 0.05) is 28.9 Å². The highest BCUT2D eigenvalue weighted by molar-refractivity contribution is 6.06. The molecule has 4 rings (SSSR count). The second-order valence-electron chi connectivity index (χ2n) is 6.78. The first kappa shape index (κ1) is 20.4. The molecule has 0 spiro atoms. The number of halogens is 5. The van der Waals surface area contributed by atoms with Crippen LogP contribution in [0.15, 0.2) is 66.9 Å². The molecular formula is C22H14F5N3O. The zero-order valence-corrected chi connectivity index (χ0v) is 15.6. The smallest absolute Gasteiger partial charge is 0.359 e. The second-order valence-corrected chi connectivity index (χ2v) is 6.78. The molecule has 1 heterocycles. The first-order chi connectivity index (χ1) is 14.7. The molecule has 0 radical (unpaired) electrons. The fraction of sp³-hybridized carbons (Fsp3) is 0.0455. The number of rotatable bonds is 3. The number of nitrogens with one attached hydrogen (secondary N) is 3. The number of hydrogen-bond donors (Lipinski definition) is 3. The van der Waals surface area contributed by atoms with Gasteiger partial charge in [0.25, 0.3) is 0 Å². The van der Waals surface area contributed by atoms with E-state index in [1.807, 2.05) is 0 Å². The summed E-state index contributed by atoms with van der Waals surface area (Å²) in [4.78, 5) is 15.3. The van der Waals surface area contributed by atoms with E-state index in [9.17, 15) is 26.7 Å². The Hall–Kier alpha value is -3.88. The zero-order chi connectivity index (χ0) is 22.2. The number of amides is 2. The molecule has 0 fully saturated rings. The van der Waals surface area contributed by atoms with Crippen molar-refractivity contribution in [1.82, 2.24) is 4.98 Å². The number of fused-ring (bicyclic) bond motifs is 1. The Balaban J connectivity index is 1.55. The number of carbonyl (C=O) groups is 1. The maximum Gasteiger partial charge on any atom is 0.416 e. The van der Waals surface area contributed by atoms with Gasteiger partial charge in [0.05, 0.1) is 11.3 Å². The van der Waals surface area contributed by atoms with Gasteiger partial charge >= 0.3 is 12.2 Å². The third kappa shape index (κ3) is 4.50. The molecule has 0 saturated heterocycles. The van der Waals surface area contributed by atoms with E-state index in [2.05, 4.69) is 15.6 Å². The Morgan fingerprint density at radius 2 is 1.48 bits per heavy atom. The minimum absolute atomic E-state index is 0.182. The number of aromatic amines is 1. The summed E-state index contributed by atoms with van der Waals surface area (Å²) >= 11 is 0. The van der Waals surface area contributed by atoms with Gasteiger partial charge < -0.3 is 15.6 Å². The van der Waals surface area contributed by atoms with Crippen molar-refractivity contribution in [3.8, 4) is 11.1 Å². The molecule has 31 heavy (non-hydrogen) atoms. The van der Waals surface area contributed by atoms with Crippen molar-refractivity contribution in [3.63, 3.8) is 0 Å². The predicted octanol–water partition coefficient (Wildman–Crippen LogP) is 6.78. The van der Waals surface area contributed by atoms with Crippen molar-refractivity contribution in [3.05, 3.63) is 84.1 Å². The van der Waals surface area contributed by atoms with Gasteiger partial charge in [-0.25, -0.2) is 13.6 Å². The van der Waals surface area contributed by atoms with E-state index in [-0.39, 0.29) is 5.69 Å². The van der Waals surface area contributed by atoms with E-state index in [4.69, 9.17) is 0 Å². The zero-order valence-electron chi connectivity index (χ0n) is 15.6. The highest BCUT2D eigenvalue weighted by Gasteiger charge is 2.30. The molecule has 0 saturated carbocycles. The van der Waals surface area contributed by atoms with Crippen LogP contribution in [0.1, 0.15) is 5.56 Å². The predicted molar refractivity (Wildman–Crippen MR) is 108 cm³/mol. The second kappa shape index (κ2) is 7.75. The molecule has 0 aliphatic rings. The molecule has 0 aliphatic carbocycles. The average molecular weight is 431 g/mol. The number of H-pyrrole nitrogens is 1. The molecule has 4 nitrogen and oxygen atoms in total. The fourth-order valence-corrected chi connectivity index (χ4v) is 3.15. The minimum Gasteiger partial charge on any atom is -0.359 e. The van der Waals surface area contributed by atoms with E-state index in [0.717, 1.165) is 30.3 Å². The summed E-state index contributed by atoms with van der Waals surface area (Å²) in [6, 6.07) is 11.6. The number of aromatic nitrogens is 1. The lowest BCUT2D eigenvalue weighted by atomic mass is 10.0. The van der Waals surface area contributed by atoms with Crippen LogP contribution in [-0.2, 0) is 6.18 Å². The van der Waals surface area contributed by atoms with E-state index >= 15 is 0 Å². The van der Waals surface area contributed by atoms with Crippen molar-refractivity contribution in [2.45, 2.75) is 6.18 Å². The lowest BCUT2D eigenvalue weighted by molar-refractivity contribution is -0.137. The van der Waals surface area contributed by atoms with E-state index < -0.39 is 29.4 Å². The van der Waals surface area contributed by atoms with Gasteiger partial charge in [-0.2, -0.15) is 13.2 Å². The monoisotopic (exact) mass is 431 g/mol. The molecule has 0 aliphatic heterocycles. The van der Waals surface area contributed by atoms with Crippen LogP contribution in [0.5, 0.6) is 0 Å². The minimum atomic E-state index is -4.47. The number of alkyl halides is 3. The first-order valence-electron chi connectivity index (χ1n) is 9.02. The normalized spacial score (nSPS) is 11.5. The summed E-state index contributed by atoms with van der Waals surface area (Å²) in [5, 5.41) is 5.65. The lowest BCUT2D eigenvalue weighted by Crippen LogP contribution is -2.19. The highest BCUT2D eigenvalue weighted by Crippen LogP contribution is 2.31. The summed E-state index contributed by atoms with van der Waals surface area (Å²) < 4.78 is 65.0. The van der Waals surface area contributed by atoms with Crippen molar-refractivity contribution >= 4 is 28.3 Å². The van der Waals surface area contributed by atoms with E-state index in [0.29, 0.717) is 27.7 Å². The number of urea groups is 1. The largest absolute Gasteiger partial charge is 0.416 e. The van der Waals surface area contributed by atoms with Crippen LogP contribution in [0.4, 0.5) is 38.1 Å². The number of carbonyl (C=O) groups excluding carboxylic acids is 1. The van der Waals surface area contributed by atoms with Crippen molar-refractivity contribution in [2.24, 2.45) is 0 Å². The van der Waals surface area contributed by atoms with Gasteiger partial charge in [-0.1, -0.05) is 6.07 Å². The molecule has 0 bridgehead atoms. The van der Waals surface area contributed by atoms with Gasteiger partial charge in [-0.05, 0) is 59.7 Å². The van der Waals surface area contributed by atoms with Gasteiger partial charge in [-0.15, -0.1) is 0 Å². The average Bonchev–Trinajstić information content (AvgIpc) is 3.09. The molecule has 0 atom stereocenters. The van der Waals surface area contributed by atoms with Crippen LogP contribution in [0.3, 0.4) is 0 Å². The van der Waals surface area contributed by atoms with Gasteiger partial charge in [0.1, 0.15) is 11.6 Å². The van der Waals surface area contributed by atoms with E-state index in [1.165, 1.54) is 18.3 Å². The molecule has 1 aromatic heterocycles. The van der Waals surface area contributed by atoms with Gasteiger partial charge in [0.15, 0.2) is 0 Å². The standard InChI is InChI=1S/C22H14F5N3O/c23-15-7-13(8-16(24)10-15)12-1-6-19-18(9-12)20(11-28-19)30-21(31)29-17-4-2-14(3-5-17)22(25,26)27/h1-11,28H,(H2,29,30,31). The van der Waals surface area contributed by atoms with Gasteiger partial charge in [-0.3, -0.25) is 0 Å². The Bertz CT molecular complexity index is 1240. The first-order valence-corrected chi connectivity index (χ1v) is 9.02. The molecule has 3 N–H and O–H groups in total.